The van der Waals surface area contributed by atoms with Crippen molar-refractivity contribution in [3.8, 4) is 5.75 Å². The number of hydrogen-bond acceptors (Lipinski definition) is 2. The van der Waals surface area contributed by atoms with Crippen molar-refractivity contribution in [1.29, 1.82) is 0 Å². The van der Waals surface area contributed by atoms with E-state index in [9.17, 15) is 4.79 Å². The average molecular weight is 418 g/mol. The Bertz CT molecular complexity index is 778. The van der Waals surface area contributed by atoms with Crippen LogP contribution in [-0.2, 0) is 17.8 Å². The highest BCUT2D eigenvalue weighted by Gasteiger charge is 2.22. The van der Waals surface area contributed by atoms with Crippen LogP contribution in [0.5, 0.6) is 5.75 Å². The molecule has 26 heavy (non-hydrogen) atoms. The molecule has 3 rings (SSSR count). The SMILES string of the molecule is COc1ccc(Br)cc1C[NH+](C)CC(=O)N[C@@H]1CCCc2ccccc21. The maximum Gasteiger partial charge on any atom is 0.275 e. The molecule has 0 bridgehead atoms. The zero-order valence-electron chi connectivity index (χ0n) is 15.3. The first-order chi connectivity index (χ1) is 12.6. The number of halogens is 1. The van der Waals surface area contributed by atoms with Gasteiger partial charge in [0.2, 0.25) is 0 Å². The lowest BCUT2D eigenvalue weighted by Crippen LogP contribution is -3.08. The lowest BCUT2D eigenvalue weighted by molar-refractivity contribution is -0.885. The molecule has 0 spiro atoms. The van der Waals surface area contributed by atoms with E-state index >= 15 is 0 Å². The molecule has 1 aliphatic carbocycles. The minimum Gasteiger partial charge on any atom is -0.496 e. The van der Waals surface area contributed by atoms with Crippen LogP contribution in [0.1, 0.15) is 35.6 Å². The minimum absolute atomic E-state index is 0.0955. The molecule has 2 aromatic carbocycles. The standard InChI is InChI=1S/C21H25BrN2O2/c1-24(13-16-12-17(22)10-11-20(16)26-2)14-21(25)23-19-9-5-7-15-6-3-4-8-18(15)19/h3-4,6,8,10-12,19H,5,7,9,13-14H2,1-2H3,(H,23,25)/p+1/t19-/m1/s1. The van der Waals surface area contributed by atoms with Crippen molar-refractivity contribution in [3.63, 3.8) is 0 Å². The highest BCUT2D eigenvalue weighted by Crippen LogP contribution is 2.29. The predicted octanol–water partition coefficient (Wildman–Crippen LogP) is 2.67. The number of methoxy groups -OCH3 is 1. The van der Waals surface area contributed by atoms with Crippen LogP contribution >= 0.6 is 15.9 Å². The molecule has 1 amide bonds. The Balaban J connectivity index is 1.60. The molecular weight excluding hydrogens is 392 g/mol. The molecule has 138 valence electrons. The van der Waals surface area contributed by atoms with E-state index in [2.05, 4.69) is 51.6 Å². The number of quaternary nitrogens is 1. The maximum absolute atomic E-state index is 12.6. The number of ether oxygens (including phenoxy) is 1. The van der Waals surface area contributed by atoms with Crippen LogP contribution in [0.25, 0.3) is 0 Å². The van der Waals surface area contributed by atoms with E-state index in [-0.39, 0.29) is 11.9 Å². The van der Waals surface area contributed by atoms with Gasteiger partial charge in [-0.25, -0.2) is 0 Å². The van der Waals surface area contributed by atoms with Gasteiger partial charge in [0, 0.05) is 10.0 Å². The van der Waals surface area contributed by atoms with Crippen LogP contribution in [0.3, 0.4) is 0 Å². The van der Waals surface area contributed by atoms with Crippen molar-refractivity contribution >= 4 is 21.8 Å². The van der Waals surface area contributed by atoms with Gasteiger partial charge in [-0.15, -0.1) is 0 Å². The van der Waals surface area contributed by atoms with Crippen molar-refractivity contribution in [2.24, 2.45) is 0 Å². The van der Waals surface area contributed by atoms with Crippen LogP contribution in [0.4, 0.5) is 0 Å². The molecule has 1 aliphatic rings. The molecule has 0 radical (unpaired) electrons. The maximum atomic E-state index is 12.6. The Morgan fingerprint density at radius 2 is 2.12 bits per heavy atom. The van der Waals surface area contributed by atoms with Gasteiger partial charge in [-0.3, -0.25) is 4.79 Å². The molecule has 0 fully saturated rings. The molecule has 2 atom stereocenters. The Labute approximate surface area is 163 Å². The fraction of sp³-hybridized carbons (Fsp3) is 0.381. The molecule has 2 aromatic rings. The van der Waals surface area contributed by atoms with Crippen LogP contribution in [-0.4, -0.2) is 26.6 Å². The molecule has 5 heteroatoms. The van der Waals surface area contributed by atoms with Crippen molar-refractivity contribution in [2.45, 2.75) is 31.8 Å². The van der Waals surface area contributed by atoms with Gasteiger partial charge < -0.3 is 15.0 Å². The summed E-state index contributed by atoms with van der Waals surface area (Å²) in [6.45, 7) is 1.17. The molecule has 2 N–H and O–H groups in total. The van der Waals surface area contributed by atoms with E-state index in [1.165, 1.54) is 11.1 Å². The minimum atomic E-state index is 0.0955. The average Bonchev–Trinajstić information content (AvgIpc) is 2.62. The van der Waals surface area contributed by atoms with Crippen LogP contribution in [0.2, 0.25) is 0 Å². The van der Waals surface area contributed by atoms with E-state index in [4.69, 9.17) is 4.74 Å². The molecular formula is C21H26BrN2O2+. The third-order valence-corrected chi connectivity index (χ3v) is 5.39. The van der Waals surface area contributed by atoms with Crippen LogP contribution < -0.4 is 15.0 Å². The number of carbonyl (C=O) groups is 1. The van der Waals surface area contributed by atoms with Gasteiger partial charge in [0.25, 0.3) is 5.91 Å². The number of hydrogen-bond donors (Lipinski definition) is 2. The van der Waals surface area contributed by atoms with Crippen molar-refractivity contribution in [1.82, 2.24) is 5.32 Å². The summed E-state index contributed by atoms with van der Waals surface area (Å²) >= 11 is 3.50. The van der Waals surface area contributed by atoms with E-state index in [0.717, 1.165) is 46.5 Å². The van der Waals surface area contributed by atoms with Crippen molar-refractivity contribution < 1.29 is 14.4 Å². The lowest BCUT2D eigenvalue weighted by Gasteiger charge is -2.26. The van der Waals surface area contributed by atoms with Gasteiger partial charge in [0.15, 0.2) is 6.54 Å². The number of benzene rings is 2. The zero-order chi connectivity index (χ0) is 18.5. The first kappa shape index (κ1) is 18.9. The molecule has 0 aromatic heterocycles. The predicted molar refractivity (Wildman–Crippen MR) is 106 cm³/mol. The van der Waals surface area contributed by atoms with E-state index in [1.807, 2.05) is 19.2 Å². The fourth-order valence-electron chi connectivity index (χ4n) is 3.70. The summed E-state index contributed by atoms with van der Waals surface area (Å²) in [6, 6.07) is 14.5. The van der Waals surface area contributed by atoms with E-state index in [1.54, 1.807) is 7.11 Å². The Morgan fingerprint density at radius 3 is 2.92 bits per heavy atom. The van der Waals surface area contributed by atoms with Crippen LogP contribution in [0, 0.1) is 0 Å². The number of fused-ring (bicyclic) bond motifs is 1. The number of likely N-dealkylation sites (N-methyl/N-ethyl adjacent to an activating group) is 1. The summed E-state index contributed by atoms with van der Waals surface area (Å²) in [7, 11) is 3.71. The highest BCUT2D eigenvalue weighted by atomic mass is 79.9. The summed E-state index contributed by atoms with van der Waals surface area (Å²) in [4.78, 5) is 13.7. The molecule has 0 heterocycles. The summed E-state index contributed by atoms with van der Waals surface area (Å²) in [5.41, 5.74) is 3.73. The molecule has 4 nitrogen and oxygen atoms in total. The highest BCUT2D eigenvalue weighted by molar-refractivity contribution is 9.10. The number of nitrogens with one attached hydrogen (secondary N) is 2. The number of amides is 1. The van der Waals surface area contributed by atoms with Gasteiger partial charge in [0.05, 0.1) is 20.2 Å². The second kappa shape index (κ2) is 8.69. The van der Waals surface area contributed by atoms with Gasteiger partial charge >= 0.3 is 0 Å². The first-order valence-electron chi connectivity index (χ1n) is 9.07. The normalized spacial score (nSPS) is 17.3. The second-order valence-corrected chi connectivity index (χ2v) is 7.89. The van der Waals surface area contributed by atoms with Gasteiger partial charge in [-0.05, 0) is 48.6 Å². The topological polar surface area (TPSA) is 42.8 Å². The summed E-state index contributed by atoms with van der Waals surface area (Å²) < 4.78 is 6.45. The monoisotopic (exact) mass is 417 g/mol. The van der Waals surface area contributed by atoms with Gasteiger partial charge in [-0.1, -0.05) is 40.2 Å². The Hall–Kier alpha value is -1.85. The fourth-order valence-corrected chi connectivity index (χ4v) is 4.10. The number of rotatable bonds is 6. The summed E-state index contributed by atoms with van der Waals surface area (Å²) in [5.74, 6) is 0.951. The quantitative estimate of drug-likeness (QED) is 0.758. The lowest BCUT2D eigenvalue weighted by atomic mass is 9.88. The largest absolute Gasteiger partial charge is 0.496 e. The molecule has 0 aliphatic heterocycles. The summed E-state index contributed by atoms with van der Waals surface area (Å²) in [5, 5.41) is 3.23. The number of carbonyl (C=O) groups excluding carboxylic acids is 1. The third-order valence-electron chi connectivity index (χ3n) is 4.90. The second-order valence-electron chi connectivity index (χ2n) is 6.98. The number of aryl methyl sites for hydroxylation is 1. The van der Waals surface area contributed by atoms with Crippen molar-refractivity contribution in [3.05, 3.63) is 63.6 Å². The van der Waals surface area contributed by atoms with Crippen molar-refractivity contribution in [2.75, 3.05) is 20.7 Å². The first-order valence-corrected chi connectivity index (χ1v) is 9.87. The Morgan fingerprint density at radius 1 is 1.31 bits per heavy atom. The Kier molecular flexibility index (Phi) is 6.33. The van der Waals surface area contributed by atoms with E-state index in [0.29, 0.717) is 6.54 Å². The van der Waals surface area contributed by atoms with Gasteiger partial charge in [-0.2, -0.15) is 0 Å². The van der Waals surface area contributed by atoms with E-state index < -0.39 is 0 Å². The summed E-state index contributed by atoms with van der Waals surface area (Å²) in [6.07, 6.45) is 3.25. The molecule has 0 saturated heterocycles. The van der Waals surface area contributed by atoms with Crippen LogP contribution in [0.15, 0.2) is 46.9 Å². The molecule has 0 saturated carbocycles. The smallest absolute Gasteiger partial charge is 0.275 e. The zero-order valence-corrected chi connectivity index (χ0v) is 16.9. The van der Waals surface area contributed by atoms with Gasteiger partial charge in [0.1, 0.15) is 12.3 Å². The third kappa shape index (κ3) is 4.65. The molecule has 1 unspecified atom stereocenters.